The zero-order chi connectivity index (χ0) is 15.2. The van der Waals surface area contributed by atoms with Crippen molar-refractivity contribution in [2.75, 3.05) is 13.6 Å². The molecule has 0 aliphatic rings. The fraction of sp³-hybridized carbons (Fsp3) is 0.278. The van der Waals surface area contributed by atoms with E-state index in [9.17, 15) is 0 Å². The quantitative estimate of drug-likeness (QED) is 0.711. The van der Waals surface area contributed by atoms with Gasteiger partial charge in [0, 0.05) is 22.7 Å². The second-order valence-electron chi connectivity index (χ2n) is 5.22. The van der Waals surface area contributed by atoms with Crippen LogP contribution < -0.4 is 5.32 Å². The minimum absolute atomic E-state index is 0.138. The van der Waals surface area contributed by atoms with Crippen molar-refractivity contribution in [3.05, 3.63) is 64.6 Å². The van der Waals surface area contributed by atoms with Gasteiger partial charge >= 0.3 is 0 Å². The van der Waals surface area contributed by atoms with Crippen LogP contribution in [0.3, 0.4) is 0 Å². The standard InChI is InChI=1S/C18H20N2OS/c1-19-9-8-17(18-6-3-11-22-18)21-13-15-5-2-4-14-7-10-20-12-16(14)15/h2-7,10-12,17,19H,8-9,13H2,1H3. The van der Waals surface area contributed by atoms with E-state index in [1.807, 2.05) is 25.5 Å². The van der Waals surface area contributed by atoms with Crippen molar-refractivity contribution in [2.45, 2.75) is 19.1 Å². The van der Waals surface area contributed by atoms with Gasteiger partial charge in [0.15, 0.2) is 0 Å². The number of fused-ring (bicyclic) bond motifs is 1. The summed E-state index contributed by atoms with van der Waals surface area (Å²) >= 11 is 1.76. The van der Waals surface area contributed by atoms with E-state index in [0.717, 1.165) is 13.0 Å². The summed E-state index contributed by atoms with van der Waals surface area (Å²) < 4.78 is 6.23. The van der Waals surface area contributed by atoms with Crippen LogP contribution in [0.4, 0.5) is 0 Å². The number of thiophene rings is 1. The predicted molar refractivity (Wildman–Crippen MR) is 92.1 cm³/mol. The average molecular weight is 312 g/mol. The molecule has 0 aliphatic heterocycles. The normalized spacial score (nSPS) is 12.6. The highest BCUT2D eigenvalue weighted by atomic mass is 32.1. The summed E-state index contributed by atoms with van der Waals surface area (Å²) in [6.07, 6.45) is 4.86. The molecule has 0 fully saturated rings. The van der Waals surface area contributed by atoms with Crippen LogP contribution in [-0.2, 0) is 11.3 Å². The topological polar surface area (TPSA) is 34.1 Å². The van der Waals surface area contributed by atoms with Crippen LogP contribution in [0.5, 0.6) is 0 Å². The highest BCUT2D eigenvalue weighted by molar-refractivity contribution is 7.10. The lowest BCUT2D eigenvalue weighted by atomic mass is 10.1. The molecule has 4 heteroatoms. The molecule has 0 bridgehead atoms. The molecule has 2 heterocycles. The van der Waals surface area contributed by atoms with Gasteiger partial charge in [-0.15, -0.1) is 11.3 Å². The van der Waals surface area contributed by atoms with Crippen molar-refractivity contribution in [2.24, 2.45) is 0 Å². The minimum atomic E-state index is 0.138. The van der Waals surface area contributed by atoms with Crippen LogP contribution in [-0.4, -0.2) is 18.6 Å². The van der Waals surface area contributed by atoms with Crippen LogP contribution in [0, 0.1) is 0 Å². The van der Waals surface area contributed by atoms with Crippen molar-refractivity contribution in [1.29, 1.82) is 0 Å². The van der Waals surface area contributed by atoms with Gasteiger partial charge in [-0.3, -0.25) is 4.98 Å². The first-order chi connectivity index (χ1) is 10.9. The summed E-state index contributed by atoms with van der Waals surface area (Å²) in [5, 5.41) is 7.68. The Balaban J connectivity index is 1.76. The monoisotopic (exact) mass is 312 g/mol. The van der Waals surface area contributed by atoms with Gasteiger partial charge in [0.2, 0.25) is 0 Å². The molecule has 0 saturated heterocycles. The molecule has 114 valence electrons. The average Bonchev–Trinajstić information content (AvgIpc) is 3.09. The SMILES string of the molecule is CNCCC(OCc1cccc2ccncc12)c1cccs1. The second kappa shape index (κ2) is 7.49. The summed E-state index contributed by atoms with van der Waals surface area (Å²) in [4.78, 5) is 5.52. The summed E-state index contributed by atoms with van der Waals surface area (Å²) in [7, 11) is 1.97. The summed E-state index contributed by atoms with van der Waals surface area (Å²) in [5.74, 6) is 0. The lowest BCUT2D eigenvalue weighted by Crippen LogP contribution is -2.13. The van der Waals surface area contributed by atoms with Crippen LogP contribution in [0.15, 0.2) is 54.2 Å². The largest absolute Gasteiger partial charge is 0.368 e. The van der Waals surface area contributed by atoms with Gasteiger partial charge in [-0.2, -0.15) is 0 Å². The molecule has 0 aliphatic carbocycles. The highest BCUT2D eigenvalue weighted by Gasteiger charge is 2.13. The number of nitrogens with one attached hydrogen (secondary N) is 1. The number of aromatic nitrogens is 1. The first kappa shape index (κ1) is 15.2. The second-order valence-corrected chi connectivity index (χ2v) is 6.20. The van der Waals surface area contributed by atoms with Crippen LogP contribution in [0.1, 0.15) is 23.0 Å². The van der Waals surface area contributed by atoms with Crippen molar-refractivity contribution >= 4 is 22.1 Å². The molecular formula is C18H20N2OS. The van der Waals surface area contributed by atoms with E-state index in [4.69, 9.17) is 4.74 Å². The van der Waals surface area contributed by atoms with E-state index in [1.165, 1.54) is 21.2 Å². The fourth-order valence-electron chi connectivity index (χ4n) is 2.55. The van der Waals surface area contributed by atoms with Crippen LogP contribution >= 0.6 is 11.3 Å². The first-order valence-electron chi connectivity index (χ1n) is 7.49. The third-order valence-corrected chi connectivity index (χ3v) is 4.70. The number of hydrogen-bond acceptors (Lipinski definition) is 4. The van der Waals surface area contributed by atoms with Gasteiger partial charge in [-0.05, 0) is 48.5 Å². The smallest absolute Gasteiger partial charge is 0.0933 e. The van der Waals surface area contributed by atoms with Crippen molar-refractivity contribution in [3.8, 4) is 0 Å². The number of nitrogens with zero attached hydrogens (tertiary/aromatic N) is 1. The molecule has 2 aromatic heterocycles. The Morgan fingerprint density at radius 3 is 3.00 bits per heavy atom. The Bertz CT molecular complexity index is 707. The molecule has 0 radical (unpaired) electrons. The Morgan fingerprint density at radius 1 is 1.23 bits per heavy atom. The van der Waals surface area contributed by atoms with E-state index in [-0.39, 0.29) is 6.10 Å². The lowest BCUT2D eigenvalue weighted by Gasteiger charge is -2.17. The molecule has 3 nitrogen and oxygen atoms in total. The predicted octanol–water partition coefficient (Wildman–Crippen LogP) is 4.16. The lowest BCUT2D eigenvalue weighted by molar-refractivity contribution is 0.0374. The Hall–Kier alpha value is -1.75. The Labute approximate surface area is 135 Å². The summed E-state index contributed by atoms with van der Waals surface area (Å²) in [6.45, 7) is 1.55. The zero-order valence-electron chi connectivity index (χ0n) is 12.7. The van der Waals surface area contributed by atoms with Gasteiger partial charge in [-0.1, -0.05) is 24.3 Å². The van der Waals surface area contributed by atoms with Gasteiger partial charge in [0.05, 0.1) is 12.7 Å². The van der Waals surface area contributed by atoms with Crippen molar-refractivity contribution in [3.63, 3.8) is 0 Å². The van der Waals surface area contributed by atoms with Crippen LogP contribution in [0.2, 0.25) is 0 Å². The number of pyridine rings is 1. The maximum absolute atomic E-state index is 6.23. The van der Waals surface area contributed by atoms with Gasteiger partial charge < -0.3 is 10.1 Å². The molecule has 0 saturated carbocycles. The molecule has 3 aromatic rings. The van der Waals surface area contributed by atoms with E-state index < -0.39 is 0 Å². The van der Waals surface area contributed by atoms with Crippen molar-refractivity contribution < 1.29 is 4.74 Å². The highest BCUT2D eigenvalue weighted by Crippen LogP contribution is 2.27. The maximum atomic E-state index is 6.23. The molecule has 1 atom stereocenters. The minimum Gasteiger partial charge on any atom is -0.368 e. The van der Waals surface area contributed by atoms with E-state index in [2.05, 4.69) is 46.0 Å². The van der Waals surface area contributed by atoms with E-state index in [0.29, 0.717) is 6.61 Å². The Morgan fingerprint density at radius 2 is 2.18 bits per heavy atom. The Kier molecular flexibility index (Phi) is 5.16. The van der Waals surface area contributed by atoms with Crippen LogP contribution in [0.25, 0.3) is 10.8 Å². The number of benzene rings is 1. The molecule has 1 aromatic carbocycles. The molecule has 3 rings (SSSR count). The fourth-order valence-corrected chi connectivity index (χ4v) is 3.36. The summed E-state index contributed by atoms with van der Waals surface area (Å²) in [6, 6.07) is 12.6. The maximum Gasteiger partial charge on any atom is 0.0933 e. The van der Waals surface area contributed by atoms with E-state index >= 15 is 0 Å². The van der Waals surface area contributed by atoms with E-state index in [1.54, 1.807) is 11.3 Å². The van der Waals surface area contributed by atoms with Gasteiger partial charge in [0.25, 0.3) is 0 Å². The first-order valence-corrected chi connectivity index (χ1v) is 8.37. The van der Waals surface area contributed by atoms with Crippen molar-refractivity contribution in [1.82, 2.24) is 10.3 Å². The zero-order valence-corrected chi connectivity index (χ0v) is 13.5. The molecular weight excluding hydrogens is 292 g/mol. The third-order valence-electron chi connectivity index (χ3n) is 3.73. The molecule has 22 heavy (non-hydrogen) atoms. The molecule has 0 spiro atoms. The molecule has 1 unspecified atom stereocenters. The number of ether oxygens (including phenoxy) is 1. The third kappa shape index (κ3) is 3.53. The number of hydrogen-bond donors (Lipinski definition) is 1. The summed E-state index contributed by atoms with van der Waals surface area (Å²) in [5.41, 5.74) is 1.19. The number of rotatable bonds is 7. The van der Waals surface area contributed by atoms with Gasteiger partial charge in [-0.25, -0.2) is 0 Å². The molecule has 1 N–H and O–H groups in total. The van der Waals surface area contributed by atoms with Gasteiger partial charge in [0.1, 0.15) is 0 Å². The molecule has 0 amide bonds.